The third-order valence-corrected chi connectivity index (χ3v) is 5.14. The van der Waals surface area contributed by atoms with E-state index >= 15 is 0 Å². The van der Waals surface area contributed by atoms with Gasteiger partial charge >= 0.3 is 5.97 Å². The average molecular weight is 298 g/mol. The van der Waals surface area contributed by atoms with Gasteiger partial charge in [0.2, 0.25) is 0 Å². The molecule has 7 heteroatoms. The Bertz CT molecular complexity index is 559. The number of carboxylic acid groups (broad SMARTS) is 1. The van der Waals surface area contributed by atoms with Gasteiger partial charge in [-0.3, -0.25) is 14.7 Å². The molecule has 1 aliphatic heterocycles. The van der Waals surface area contributed by atoms with Crippen LogP contribution < -0.4 is 0 Å². The zero-order chi connectivity index (χ0) is 14.6. The van der Waals surface area contributed by atoms with E-state index < -0.39 is 21.8 Å². The van der Waals surface area contributed by atoms with Crippen LogP contribution in [0.2, 0.25) is 0 Å². The van der Waals surface area contributed by atoms with Gasteiger partial charge in [-0.05, 0) is 12.1 Å². The van der Waals surface area contributed by atoms with Crippen molar-refractivity contribution in [2.75, 3.05) is 24.6 Å². The first-order chi connectivity index (χ1) is 9.46. The lowest BCUT2D eigenvalue weighted by molar-refractivity contribution is -0.138. The van der Waals surface area contributed by atoms with Crippen molar-refractivity contribution in [2.45, 2.75) is 18.9 Å². The number of hydrogen-bond acceptors (Lipinski definition) is 5. The molecule has 2 rings (SSSR count). The number of nitrogens with zero attached hydrogens (tertiary/aromatic N) is 2. The van der Waals surface area contributed by atoms with Crippen molar-refractivity contribution >= 4 is 15.8 Å². The number of sulfone groups is 1. The minimum Gasteiger partial charge on any atom is -0.481 e. The van der Waals surface area contributed by atoms with E-state index in [0.717, 1.165) is 5.69 Å². The van der Waals surface area contributed by atoms with Gasteiger partial charge in [0.25, 0.3) is 0 Å². The Morgan fingerprint density at radius 3 is 2.90 bits per heavy atom. The van der Waals surface area contributed by atoms with Gasteiger partial charge in [0.1, 0.15) is 0 Å². The van der Waals surface area contributed by atoms with Gasteiger partial charge in [0, 0.05) is 37.4 Å². The lowest BCUT2D eigenvalue weighted by Gasteiger charge is -2.34. The molecule has 1 saturated heterocycles. The summed E-state index contributed by atoms with van der Waals surface area (Å²) >= 11 is 0. The number of carboxylic acids is 1. The minimum absolute atomic E-state index is 0.0679. The summed E-state index contributed by atoms with van der Waals surface area (Å²) in [4.78, 5) is 17.0. The first kappa shape index (κ1) is 14.9. The van der Waals surface area contributed by atoms with E-state index in [4.69, 9.17) is 5.11 Å². The first-order valence-corrected chi connectivity index (χ1v) is 8.34. The van der Waals surface area contributed by atoms with Crippen LogP contribution in [0.1, 0.15) is 12.1 Å². The van der Waals surface area contributed by atoms with Gasteiger partial charge in [0.15, 0.2) is 9.84 Å². The normalized spacial score (nSPS) is 22.5. The van der Waals surface area contributed by atoms with E-state index in [-0.39, 0.29) is 17.9 Å². The summed E-state index contributed by atoms with van der Waals surface area (Å²) in [5, 5.41) is 8.91. The monoisotopic (exact) mass is 298 g/mol. The molecule has 1 aliphatic rings. The Labute approximate surface area is 118 Å². The Morgan fingerprint density at radius 2 is 2.25 bits per heavy atom. The summed E-state index contributed by atoms with van der Waals surface area (Å²) in [7, 11) is -3.11. The van der Waals surface area contributed by atoms with Crippen LogP contribution in [-0.2, 0) is 21.1 Å². The van der Waals surface area contributed by atoms with Crippen molar-refractivity contribution in [2.24, 2.45) is 0 Å². The predicted molar refractivity (Wildman–Crippen MR) is 74.2 cm³/mol. The second-order valence-electron chi connectivity index (χ2n) is 4.97. The van der Waals surface area contributed by atoms with E-state index in [9.17, 15) is 13.2 Å². The van der Waals surface area contributed by atoms with Gasteiger partial charge in [0.05, 0.1) is 17.9 Å². The molecule has 20 heavy (non-hydrogen) atoms. The fourth-order valence-electron chi connectivity index (χ4n) is 2.41. The van der Waals surface area contributed by atoms with Crippen LogP contribution in [0.15, 0.2) is 24.4 Å². The van der Waals surface area contributed by atoms with Crippen LogP contribution in [0, 0.1) is 0 Å². The summed E-state index contributed by atoms with van der Waals surface area (Å²) in [6.07, 6.45) is 2.27. The third kappa shape index (κ3) is 4.28. The summed E-state index contributed by atoms with van der Waals surface area (Å²) in [5.41, 5.74) is 0.926. The molecule has 0 bridgehead atoms. The Morgan fingerprint density at radius 1 is 1.45 bits per heavy atom. The highest BCUT2D eigenvalue weighted by Gasteiger charge is 2.32. The zero-order valence-electron chi connectivity index (χ0n) is 11.1. The van der Waals surface area contributed by atoms with Crippen molar-refractivity contribution in [3.63, 3.8) is 0 Å². The van der Waals surface area contributed by atoms with Crippen LogP contribution in [0.4, 0.5) is 0 Å². The smallest absolute Gasteiger partial charge is 0.304 e. The quantitative estimate of drug-likeness (QED) is 0.835. The molecule has 110 valence electrons. The maximum absolute atomic E-state index is 11.6. The van der Waals surface area contributed by atoms with Gasteiger partial charge in [-0.15, -0.1) is 0 Å². The summed E-state index contributed by atoms with van der Waals surface area (Å²) in [6.45, 7) is 1.03. The highest BCUT2D eigenvalue weighted by atomic mass is 32.2. The second kappa shape index (κ2) is 6.32. The first-order valence-electron chi connectivity index (χ1n) is 6.52. The number of pyridine rings is 1. The molecule has 0 radical (unpaired) electrons. The number of carbonyl (C=O) groups is 1. The number of aromatic nitrogens is 1. The van der Waals surface area contributed by atoms with Crippen molar-refractivity contribution in [3.05, 3.63) is 30.1 Å². The van der Waals surface area contributed by atoms with Gasteiger partial charge < -0.3 is 5.11 Å². The van der Waals surface area contributed by atoms with E-state index in [1.54, 1.807) is 6.20 Å². The molecular weight excluding hydrogens is 280 g/mol. The maximum atomic E-state index is 11.6. The number of aliphatic carboxylic acids is 1. The molecule has 1 aromatic rings. The standard InChI is InChI=1S/C13H18N2O4S/c16-13(17)9-12-10-20(18,19)8-7-15(12)6-4-11-3-1-2-5-14-11/h1-3,5,12H,4,6-10H2,(H,16,17). The fraction of sp³-hybridized carbons (Fsp3) is 0.538. The van der Waals surface area contributed by atoms with Crippen LogP contribution in [0.3, 0.4) is 0 Å². The molecule has 1 aromatic heterocycles. The van der Waals surface area contributed by atoms with Crippen LogP contribution in [-0.4, -0.2) is 60.0 Å². The van der Waals surface area contributed by atoms with E-state index in [0.29, 0.717) is 19.5 Å². The van der Waals surface area contributed by atoms with Gasteiger partial charge in [-0.25, -0.2) is 8.42 Å². The zero-order valence-corrected chi connectivity index (χ0v) is 11.9. The maximum Gasteiger partial charge on any atom is 0.304 e. The van der Waals surface area contributed by atoms with Crippen molar-refractivity contribution < 1.29 is 18.3 Å². The summed E-state index contributed by atoms with van der Waals surface area (Å²) in [5.74, 6) is -0.928. The van der Waals surface area contributed by atoms with Crippen molar-refractivity contribution in [3.8, 4) is 0 Å². The molecule has 0 aliphatic carbocycles. The van der Waals surface area contributed by atoms with E-state index in [1.165, 1.54) is 0 Å². The van der Waals surface area contributed by atoms with Gasteiger partial charge in [-0.1, -0.05) is 6.07 Å². The van der Waals surface area contributed by atoms with Crippen molar-refractivity contribution in [1.29, 1.82) is 0 Å². The van der Waals surface area contributed by atoms with E-state index in [2.05, 4.69) is 4.98 Å². The lowest BCUT2D eigenvalue weighted by atomic mass is 10.1. The fourth-order valence-corrected chi connectivity index (χ4v) is 4.00. The highest BCUT2D eigenvalue weighted by Crippen LogP contribution is 2.15. The van der Waals surface area contributed by atoms with Gasteiger partial charge in [-0.2, -0.15) is 0 Å². The van der Waals surface area contributed by atoms with Crippen molar-refractivity contribution in [1.82, 2.24) is 9.88 Å². The summed E-state index contributed by atoms with van der Waals surface area (Å²) in [6, 6.07) is 5.21. The second-order valence-corrected chi connectivity index (χ2v) is 7.20. The van der Waals surface area contributed by atoms with E-state index in [1.807, 2.05) is 23.1 Å². The lowest BCUT2D eigenvalue weighted by Crippen LogP contribution is -2.50. The molecule has 1 atom stereocenters. The predicted octanol–water partition coefficient (Wildman–Crippen LogP) is 0.198. The third-order valence-electron chi connectivity index (χ3n) is 3.44. The molecule has 6 nitrogen and oxygen atoms in total. The summed E-state index contributed by atoms with van der Waals surface area (Å²) < 4.78 is 23.3. The van der Waals surface area contributed by atoms with Crippen LogP contribution in [0.5, 0.6) is 0 Å². The molecule has 1 N–H and O–H groups in total. The molecule has 0 spiro atoms. The topological polar surface area (TPSA) is 87.6 Å². The Balaban J connectivity index is 1.99. The number of rotatable bonds is 5. The Hall–Kier alpha value is -1.47. The molecule has 2 heterocycles. The largest absolute Gasteiger partial charge is 0.481 e. The van der Waals surface area contributed by atoms with Crippen LogP contribution >= 0.6 is 0 Å². The minimum atomic E-state index is -3.11. The number of hydrogen-bond donors (Lipinski definition) is 1. The Kier molecular flexibility index (Phi) is 4.72. The molecule has 1 fully saturated rings. The molecule has 0 saturated carbocycles. The molecule has 1 unspecified atom stereocenters. The molecule has 0 aromatic carbocycles. The SMILES string of the molecule is O=C(O)CC1CS(=O)(=O)CCN1CCc1ccccn1. The molecular formula is C13H18N2O4S. The highest BCUT2D eigenvalue weighted by molar-refractivity contribution is 7.91. The molecule has 0 amide bonds. The van der Waals surface area contributed by atoms with Crippen LogP contribution in [0.25, 0.3) is 0 Å². The average Bonchev–Trinajstić information content (AvgIpc) is 2.37.